The molecule has 2 aromatic heterocycles. The van der Waals surface area contributed by atoms with Crippen LogP contribution in [0.25, 0.3) is 16.8 Å². The molecule has 2 atom stereocenters. The molecular weight excluding hydrogens is 657 g/mol. The standard InChI is InChI=1S/C44H31F2N3OS/c45-32-19-29(20-33(46)24-32)30-21-34(49-26-37-27-15-16-28(18-27)43(37)48-49)25-36(22-30)50-35-9-7-8-31(23-35)44(42-14-5-6-17-47-42)38-10-1-3-12-40(38)51-41-13-4-2-11-39(41)44/h1-14,17,19-28H,15-16,18H2/t27-,28+/m0/s1. The summed E-state index contributed by atoms with van der Waals surface area (Å²) in [4.78, 5) is 7.33. The fourth-order valence-electron chi connectivity index (χ4n) is 8.58. The molecule has 0 N–H and O–H groups in total. The van der Waals surface area contributed by atoms with Crippen molar-refractivity contribution < 1.29 is 13.5 Å². The van der Waals surface area contributed by atoms with Gasteiger partial charge in [-0.15, -0.1) is 0 Å². The highest BCUT2D eigenvalue weighted by atomic mass is 32.2. The van der Waals surface area contributed by atoms with Crippen molar-refractivity contribution in [1.29, 1.82) is 0 Å². The third kappa shape index (κ3) is 4.94. The van der Waals surface area contributed by atoms with Crippen molar-refractivity contribution in [2.24, 2.45) is 0 Å². The maximum Gasteiger partial charge on any atom is 0.130 e. The average Bonchev–Trinajstić information content (AvgIpc) is 3.89. The van der Waals surface area contributed by atoms with Crippen molar-refractivity contribution in [3.05, 3.63) is 185 Å². The van der Waals surface area contributed by atoms with Crippen molar-refractivity contribution in [3.63, 3.8) is 0 Å². The molecule has 51 heavy (non-hydrogen) atoms. The van der Waals surface area contributed by atoms with Gasteiger partial charge in [-0.2, -0.15) is 5.10 Å². The van der Waals surface area contributed by atoms with Crippen molar-refractivity contribution >= 4 is 11.8 Å². The van der Waals surface area contributed by atoms with Crippen LogP contribution in [-0.2, 0) is 5.41 Å². The minimum atomic E-state index is -0.708. The number of hydrogen-bond donors (Lipinski definition) is 0. The normalized spacial score (nSPS) is 17.8. The van der Waals surface area contributed by atoms with Gasteiger partial charge in [0.25, 0.3) is 0 Å². The fourth-order valence-corrected chi connectivity index (χ4v) is 9.77. The van der Waals surface area contributed by atoms with Gasteiger partial charge in [0.1, 0.15) is 23.1 Å². The first-order chi connectivity index (χ1) is 25.0. The van der Waals surface area contributed by atoms with E-state index >= 15 is 0 Å². The number of hydrogen-bond acceptors (Lipinski definition) is 4. The van der Waals surface area contributed by atoms with Crippen LogP contribution in [0.1, 0.15) is 64.7 Å². The molecule has 10 rings (SSSR count). The van der Waals surface area contributed by atoms with Gasteiger partial charge in [0, 0.05) is 40.2 Å². The Morgan fingerprint density at radius 1 is 0.686 bits per heavy atom. The van der Waals surface area contributed by atoms with E-state index in [1.54, 1.807) is 11.8 Å². The smallest absolute Gasteiger partial charge is 0.130 e. The second-order valence-corrected chi connectivity index (χ2v) is 14.8. The number of ether oxygens (including phenoxy) is 1. The Hall–Kier alpha value is -5.53. The molecule has 4 nitrogen and oxygen atoms in total. The minimum Gasteiger partial charge on any atom is -0.457 e. The van der Waals surface area contributed by atoms with Crippen LogP contribution in [0.3, 0.4) is 0 Å². The molecule has 3 heterocycles. The summed E-state index contributed by atoms with van der Waals surface area (Å²) < 4.78 is 37.6. The molecule has 0 amide bonds. The highest BCUT2D eigenvalue weighted by Crippen LogP contribution is 2.56. The van der Waals surface area contributed by atoms with Crippen LogP contribution < -0.4 is 4.74 Å². The number of pyridine rings is 1. The molecule has 0 unspecified atom stereocenters. The molecule has 1 fully saturated rings. The largest absolute Gasteiger partial charge is 0.457 e. The Labute approximate surface area is 298 Å². The van der Waals surface area contributed by atoms with Crippen LogP contribution in [0.2, 0.25) is 0 Å². The zero-order valence-corrected chi connectivity index (χ0v) is 28.3. The van der Waals surface area contributed by atoms with Gasteiger partial charge in [-0.3, -0.25) is 4.98 Å². The maximum absolute atomic E-state index is 14.5. The molecule has 1 saturated carbocycles. The highest BCUT2D eigenvalue weighted by Gasteiger charge is 2.45. The lowest BCUT2D eigenvalue weighted by Gasteiger charge is -2.40. The average molecular weight is 688 g/mol. The van der Waals surface area contributed by atoms with Gasteiger partial charge in [-0.25, -0.2) is 13.5 Å². The van der Waals surface area contributed by atoms with Crippen LogP contribution >= 0.6 is 11.8 Å². The monoisotopic (exact) mass is 687 g/mol. The predicted octanol–water partition coefficient (Wildman–Crippen LogP) is 11.2. The maximum atomic E-state index is 14.5. The molecule has 2 bridgehead atoms. The number of fused-ring (bicyclic) bond motifs is 7. The summed E-state index contributed by atoms with van der Waals surface area (Å²) in [5.74, 6) is 0.959. The van der Waals surface area contributed by atoms with Gasteiger partial charge < -0.3 is 4.74 Å². The van der Waals surface area contributed by atoms with E-state index in [9.17, 15) is 8.78 Å². The number of nitrogens with zero attached hydrogens (tertiary/aromatic N) is 3. The summed E-state index contributed by atoms with van der Waals surface area (Å²) in [7, 11) is 0. The Kier molecular flexibility index (Phi) is 7.00. The van der Waals surface area contributed by atoms with E-state index in [-0.39, 0.29) is 0 Å². The fraction of sp³-hybridized carbons (Fsp3) is 0.136. The van der Waals surface area contributed by atoms with Crippen molar-refractivity contribution in [1.82, 2.24) is 14.8 Å². The lowest BCUT2D eigenvalue weighted by molar-refractivity contribution is 0.480. The van der Waals surface area contributed by atoms with Crippen LogP contribution in [0.15, 0.2) is 150 Å². The van der Waals surface area contributed by atoms with E-state index in [2.05, 4.69) is 72.9 Å². The molecule has 0 spiro atoms. The Morgan fingerprint density at radius 3 is 2.16 bits per heavy atom. The third-order valence-corrected chi connectivity index (χ3v) is 11.9. The van der Waals surface area contributed by atoms with Crippen LogP contribution in [0, 0.1) is 11.6 Å². The summed E-state index contributed by atoms with van der Waals surface area (Å²) in [5.41, 5.74) is 7.86. The zero-order chi connectivity index (χ0) is 34.1. The highest BCUT2D eigenvalue weighted by molar-refractivity contribution is 7.99. The van der Waals surface area contributed by atoms with Gasteiger partial charge in [-0.1, -0.05) is 66.4 Å². The summed E-state index contributed by atoms with van der Waals surface area (Å²) in [6, 6.07) is 40.6. The first-order valence-corrected chi connectivity index (χ1v) is 18.1. The van der Waals surface area contributed by atoms with Crippen LogP contribution in [0.4, 0.5) is 8.78 Å². The van der Waals surface area contributed by atoms with Gasteiger partial charge in [0.15, 0.2) is 0 Å². The van der Waals surface area contributed by atoms with E-state index in [0.29, 0.717) is 34.5 Å². The lowest BCUT2D eigenvalue weighted by Crippen LogP contribution is -2.34. The van der Waals surface area contributed by atoms with E-state index in [4.69, 9.17) is 14.8 Å². The number of rotatable bonds is 6. The minimum absolute atomic E-state index is 0.426. The molecule has 7 heteroatoms. The first kappa shape index (κ1) is 30.3. The molecule has 0 radical (unpaired) electrons. The summed E-state index contributed by atoms with van der Waals surface area (Å²) in [6.07, 6.45) is 7.53. The van der Waals surface area contributed by atoms with E-state index < -0.39 is 17.0 Å². The SMILES string of the molecule is Fc1cc(F)cc(-c2cc(Oc3cccc(C4(c5ccccn5)c5ccccc5Sc5ccccc54)c3)cc(-n3cc4c(n3)[C@@H]3CC[C@H]4C3)c2)c1. The molecule has 0 saturated heterocycles. The number of benzene rings is 5. The molecule has 5 aromatic carbocycles. The van der Waals surface area contributed by atoms with Crippen molar-refractivity contribution in [2.45, 2.75) is 46.3 Å². The van der Waals surface area contributed by atoms with E-state index in [1.807, 2.05) is 53.3 Å². The molecule has 248 valence electrons. The Bertz CT molecular complexity index is 2380. The number of halogens is 2. The summed E-state index contributed by atoms with van der Waals surface area (Å²) >= 11 is 1.77. The second kappa shape index (κ2) is 11.8. The number of aromatic nitrogens is 3. The van der Waals surface area contributed by atoms with Crippen LogP contribution in [0.5, 0.6) is 11.5 Å². The van der Waals surface area contributed by atoms with Gasteiger partial charge >= 0.3 is 0 Å². The van der Waals surface area contributed by atoms with Gasteiger partial charge in [0.2, 0.25) is 0 Å². The van der Waals surface area contributed by atoms with Crippen LogP contribution in [-0.4, -0.2) is 14.8 Å². The molecule has 1 aliphatic heterocycles. The van der Waals surface area contributed by atoms with E-state index in [0.717, 1.165) is 34.1 Å². The van der Waals surface area contributed by atoms with Crippen molar-refractivity contribution in [2.75, 3.05) is 0 Å². The first-order valence-electron chi connectivity index (χ1n) is 17.3. The predicted molar refractivity (Wildman–Crippen MR) is 195 cm³/mol. The second-order valence-electron chi connectivity index (χ2n) is 13.7. The zero-order valence-electron chi connectivity index (χ0n) is 27.5. The Balaban J connectivity index is 1.12. The van der Waals surface area contributed by atoms with E-state index in [1.165, 1.54) is 52.4 Å². The molecule has 3 aliphatic rings. The summed E-state index contributed by atoms with van der Waals surface area (Å²) in [5, 5.41) is 5.03. The molecule has 2 aliphatic carbocycles. The molecule has 7 aromatic rings. The quantitative estimate of drug-likeness (QED) is 0.174. The van der Waals surface area contributed by atoms with Crippen molar-refractivity contribution in [3.8, 4) is 28.3 Å². The van der Waals surface area contributed by atoms with Gasteiger partial charge in [0.05, 0.1) is 22.5 Å². The lowest BCUT2D eigenvalue weighted by atomic mass is 9.66. The topological polar surface area (TPSA) is 39.9 Å². The van der Waals surface area contributed by atoms with Gasteiger partial charge in [-0.05, 0) is 119 Å². The Morgan fingerprint density at radius 2 is 1.41 bits per heavy atom. The molecular formula is C44H31F2N3OS. The third-order valence-electron chi connectivity index (χ3n) is 10.7. The summed E-state index contributed by atoms with van der Waals surface area (Å²) in [6.45, 7) is 0.